The van der Waals surface area contributed by atoms with Crippen LogP contribution in [0.25, 0.3) is 10.8 Å². The van der Waals surface area contributed by atoms with E-state index in [9.17, 15) is 12.8 Å². The number of halogens is 1. The molecule has 0 bridgehead atoms. The third-order valence-corrected chi connectivity index (χ3v) is 8.61. The highest BCUT2D eigenvalue weighted by atomic mass is 32.2. The van der Waals surface area contributed by atoms with Gasteiger partial charge in [-0.3, -0.25) is 0 Å². The predicted molar refractivity (Wildman–Crippen MR) is 149 cm³/mol. The molecule has 2 aliphatic heterocycles. The van der Waals surface area contributed by atoms with Gasteiger partial charge in [0.15, 0.2) is 5.82 Å². The topological polar surface area (TPSA) is 126 Å². The lowest BCUT2D eigenvalue weighted by Gasteiger charge is -2.47. The van der Waals surface area contributed by atoms with Crippen molar-refractivity contribution in [2.75, 3.05) is 53.9 Å². The molecule has 3 aromatic rings. The number of methoxy groups -OCH3 is 1. The van der Waals surface area contributed by atoms with Gasteiger partial charge in [0.05, 0.1) is 24.1 Å². The van der Waals surface area contributed by atoms with Gasteiger partial charge in [0, 0.05) is 61.6 Å². The maximum absolute atomic E-state index is 14.4. The standard InChI is InChI=1S/C26H35FN8O3S/c1-15(2)24-18-10-23(30-22-6-8-28-26(31-22)34-9-7-21(38-4)20(27)13-34)29-11-19(18)25(33-32-24)35-12-17(16(35)3)14-39(5,36)37/h6,8,10-11,15-17,20-21H,7,9,12-14H2,1-5H3,(H,28,29,30,31)/t16-,17-,20+,21-/m1/s1. The molecule has 2 saturated heterocycles. The zero-order chi connectivity index (χ0) is 27.9. The molecule has 4 atom stereocenters. The van der Waals surface area contributed by atoms with Gasteiger partial charge in [-0.15, -0.1) is 5.10 Å². The van der Waals surface area contributed by atoms with Crippen LogP contribution in [0.4, 0.5) is 27.8 Å². The minimum absolute atomic E-state index is 0.0252. The number of fused-ring (bicyclic) bond motifs is 1. The van der Waals surface area contributed by atoms with Crippen LogP contribution in [0.15, 0.2) is 24.5 Å². The van der Waals surface area contributed by atoms with Gasteiger partial charge >= 0.3 is 0 Å². The molecule has 2 fully saturated rings. The largest absolute Gasteiger partial charge is 0.378 e. The summed E-state index contributed by atoms with van der Waals surface area (Å²) in [4.78, 5) is 17.5. The van der Waals surface area contributed by atoms with Crippen LogP contribution >= 0.6 is 0 Å². The number of nitrogens with zero attached hydrogens (tertiary/aromatic N) is 7. The van der Waals surface area contributed by atoms with Gasteiger partial charge in [0.2, 0.25) is 5.95 Å². The van der Waals surface area contributed by atoms with Crippen LogP contribution in [-0.2, 0) is 14.6 Å². The van der Waals surface area contributed by atoms with Gasteiger partial charge in [-0.05, 0) is 31.4 Å². The molecule has 1 N–H and O–H groups in total. The zero-order valence-electron chi connectivity index (χ0n) is 22.9. The van der Waals surface area contributed by atoms with Gasteiger partial charge < -0.3 is 19.9 Å². The summed E-state index contributed by atoms with van der Waals surface area (Å²) < 4.78 is 43.2. The van der Waals surface area contributed by atoms with E-state index in [2.05, 4.69) is 49.2 Å². The van der Waals surface area contributed by atoms with Gasteiger partial charge in [0.1, 0.15) is 27.6 Å². The molecule has 5 rings (SSSR count). The van der Waals surface area contributed by atoms with Crippen LogP contribution in [0.3, 0.4) is 0 Å². The first-order valence-corrected chi connectivity index (χ1v) is 15.2. The smallest absolute Gasteiger partial charge is 0.227 e. The van der Waals surface area contributed by atoms with Crippen molar-refractivity contribution in [1.82, 2.24) is 25.1 Å². The lowest BCUT2D eigenvalue weighted by molar-refractivity contribution is 0.0194. The number of ether oxygens (including phenoxy) is 1. The molecule has 0 aromatic carbocycles. The molecule has 0 saturated carbocycles. The number of alkyl halides is 1. The van der Waals surface area contributed by atoms with Crippen molar-refractivity contribution in [1.29, 1.82) is 0 Å². The quantitative estimate of drug-likeness (QED) is 0.438. The fourth-order valence-corrected chi connectivity index (χ4v) is 6.50. The van der Waals surface area contributed by atoms with Crippen LogP contribution in [0.5, 0.6) is 0 Å². The monoisotopic (exact) mass is 558 g/mol. The number of sulfone groups is 1. The summed E-state index contributed by atoms with van der Waals surface area (Å²) in [5.74, 6) is 2.62. The van der Waals surface area contributed by atoms with Crippen LogP contribution in [0.1, 0.15) is 38.8 Å². The molecule has 2 aliphatic rings. The summed E-state index contributed by atoms with van der Waals surface area (Å²) in [6, 6.07) is 3.70. The number of aromatic nitrogens is 5. The second kappa shape index (κ2) is 10.8. The molecular formula is C26H35FN8O3S. The van der Waals surface area contributed by atoms with Crippen molar-refractivity contribution in [3.63, 3.8) is 0 Å². The minimum Gasteiger partial charge on any atom is -0.378 e. The maximum atomic E-state index is 14.4. The Labute approximate surface area is 228 Å². The van der Waals surface area contributed by atoms with Gasteiger partial charge in [-0.2, -0.15) is 10.1 Å². The Morgan fingerprint density at radius 3 is 2.64 bits per heavy atom. The Balaban J connectivity index is 1.40. The summed E-state index contributed by atoms with van der Waals surface area (Å²) in [6.07, 6.45) is 3.74. The van der Waals surface area contributed by atoms with E-state index in [1.54, 1.807) is 18.5 Å². The van der Waals surface area contributed by atoms with Gasteiger partial charge in [-0.1, -0.05) is 13.8 Å². The number of nitrogens with one attached hydrogen (secondary N) is 1. The Morgan fingerprint density at radius 2 is 1.97 bits per heavy atom. The first kappa shape index (κ1) is 27.4. The third-order valence-electron chi connectivity index (χ3n) is 7.58. The fraction of sp³-hybridized carbons (Fsp3) is 0.577. The number of anilines is 4. The second-order valence-electron chi connectivity index (χ2n) is 10.8. The Morgan fingerprint density at radius 1 is 1.18 bits per heavy atom. The highest BCUT2D eigenvalue weighted by molar-refractivity contribution is 7.90. The summed E-state index contributed by atoms with van der Waals surface area (Å²) in [6.45, 7) is 7.52. The third kappa shape index (κ3) is 5.74. The molecule has 0 spiro atoms. The van der Waals surface area contributed by atoms with Crippen molar-refractivity contribution in [2.45, 2.75) is 51.4 Å². The van der Waals surface area contributed by atoms with Crippen molar-refractivity contribution >= 4 is 44.0 Å². The van der Waals surface area contributed by atoms with E-state index < -0.39 is 22.1 Å². The number of rotatable bonds is 8. The van der Waals surface area contributed by atoms with E-state index in [1.165, 1.54) is 13.4 Å². The van der Waals surface area contributed by atoms with Crippen molar-refractivity contribution < 1.29 is 17.5 Å². The molecular weight excluding hydrogens is 523 g/mol. The van der Waals surface area contributed by atoms with E-state index in [4.69, 9.17) is 4.74 Å². The van der Waals surface area contributed by atoms with E-state index in [1.807, 2.05) is 17.9 Å². The van der Waals surface area contributed by atoms with Gasteiger partial charge in [0.25, 0.3) is 0 Å². The Kier molecular flexibility index (Phi) is 7.55. The van der Waals surface area contributed by atoms with Crippen LogP contribution < -0.4 is 15.1 Å². The first-order valence-electron chi connectivity index (χ1n) is 13.2. The average Bonchev–Trinajstić information content (AvgIpc) is 2.89. The molecule has 5 heterocycles. The fourth-order valence-electron chi connectivity index (χ4n) is 5.34. The molecule has 0 aliphatic carbocycles. The highest BCUT2D eigenvalue weighted by Gasteiger charge is 2.39. The van der Waals surface area contributed by atoms with Crippen LogP contribution in [0, 0.1) is 5.92 Å². The lowest BCUT2D eigenvalue weighted by Crippen LogP contribution is -2.57. The molecule has 0 unspecified atom stereocenters. The van der Waals surface area contributed by atoms with Crippen molar-refractivity contribution in [3.05, 3.63) is 30.2 Å². The SMILES string of the molecule is CO[C@@H]1CCN(c2nccc(Nc3cc4c(C(C)C)nnc(N5C[C@H](CS(C)(=O)=O)[C@H]5C)c4cn3)n2)C[C@@H]1F. The Bertz CT molecular complexity index is 1460. The molecule has 13 heteroatoms. The highest BCUT2D eigenvalue weighted by Crippen LogP contribution is 2.37. The minimum atomic E-state index is -3.06. The average molecular weight is 559 g/mol. The number of pyridine rings is 1. The molecule has 11 nitrogen and oxygen atoms in total. The zero-order valence-corrected chi connectivity index (χ0v) is 23.7. The summed E-state index contributed by atoms with van der Waals surface area (Å²) in [5.41, 5.74) is 0.846. The predicted octanol–water partition coefficient (Wildman–Crippen LogP) is 3.11. The Hall–Kier alpha value is -3.19. The van der Waals surface area contributed by atoms with Crippen molar-refractivity contribution in [2.24, 2.45) is 5.92 Å². The lowest BCUT2D eigenvalue weighted by atomic mass is 9.91. The number of hydrogen-bond donors (Lipinski definition) is 1. The molecule has 39 heavy (non-hydrogen) atoms. The van der Waals surface area contributed by atoms with E-state index in [0.717, 1.165) is 16.5 Å². The summed E-state index contributed by atoms with van der Waals surface area (Å²) in [5, 5.41) is 14.1. The molecule has 0 radical (unpaired) electrons. The second-order valence-corrected chi connectivity index (χ2v) is 13.0. The maximum Gasteiger partial charge on any atom is 0.227 e. The number of hydrogen-bond acceptors (Lipinski definition) is 11. The van der Waals surface area contributed by atoms with Crippen molar-refractivity contribution in [3.8, 4) is 0 Å². The van der Waals surface area contributed by atoms with Crippen LogP contribution in [0.2, 0.25) is 0 Å². The first-order chi connectivity index (χ1) is 18.5. The van der Waals surface area contributed by atoms with E-state index in [-0.39, 0.29) is 30.2 Å². The van der Waals surface area contributed by atoms with E-state index in [0.29, 0.717) is 42.9 Å². The van der Waals surface area contributed by atoms with Crippen LogP contribution in [-0.4, -0.2) is 90.6 Å². The number of piperidine rings is 1. The normalized spacial score (nSPS) is 23.8. The molecule has 0 amide bonds. The summed E-state index contributed by atoms with van der Waals surface area (Å²) >= 11 is 0. The summed E-state index contributed by atoms with van der Waals surface area (Å²) in [7, 11) is -1.52. The van der Waals surface area contributed by atoms with E-state index >= 15 is 0 Å². The molecule has 3 aromatic heterocycles. The van der Waals surface area contributed by atoms with Gasteiger partial charge in [-0.25, -0.2) is 22.8 Å². The molecule has 210 valence electrons.